The zero-order chi connectivity index (χ0) is 14.8. The first-order valence-corrected chi connectivity index (χ1v) is 7.34. The molecule has 6 nitrogen and oxygen atoms in total. The van der Waals surface area contributed by atoms with Crippen molar-refractivity contribution in [2.45, 2.75) is 13.0 Å². The maximum Gasteiger partial charge on any atom is 0.321 e. The van der Waals surface area contributed by atoms with Gasteiger partial charge in [0.2, 0.25) is 0 Å². The van der Waals surface area contributed by atoms with E-state index in [-0.39, 0.29) is 30.4 Å². The number of carbonyl (C=O) groups is 2. The largest absolute Gasteiger partial charge is 0.336 e. The Morgan fingerprint density at radius 1 is 1.18 bits per heavy atom. The molecule has 2 fully saturated rings. The van der Waals surface area contributed by atoms with Crippen molar-refractivity contribution in [1.82, 2.24) is 15.5 Å². The second-order valence-corrected chi connectivity index (χ2v) is 5.48. The second kappa shape index (κ2) is 6.98. The summed E-state index contributed by atoms with van der Waals surface area (Å²) in [6.07, 6.45) is 0. The Kier molecular flexibility index (Phi) is 5.26. The number of anilines is 1. The fourth-order valence-corrected chi connectivity index (χ4v) is 2.81. The molecule has 0 unspecified atom stereocenters. The molecule has 22 heavy (non-hydrogen) atoms. The van der Waals surface area contributed by atoms with Crippen LogP contribution in [-0.4, -0.2) is 55.6 Å². The third-order valence-corrected chi connectivity index (χ3v) is 4.04. The number of hydrogen-bond acceptors (Lipinski definition) is 3. The summed E-state index contributed by atoms with van der Waals surface area (Å²) in [7, 11) is 0. The van der Waals surface area contributed by atoms with Gasteiger partial charge in [-0.25, -0.2) is 4.79 Å². The smallest absolute Gasteiger partial charge is 0.321 e. The molecule has 1 aromatic carbocycles. The molecule has 2 N–H and O–H groups in total. The molecule has 120 valence electrons. The molecule has 1 atom stereocenters. The molecule has 2 saturated heterocycles. The molecule has 3 amide bonds. The predicted octanol–water partition coefficient (Wildman–Crippen LogP) is 1.07. The number of amides is 3. The van der Waals surface area contributed by atoms with E-state index in [4.69, 9.17) is 0 Å². The van der Waals surface area contributed by atoms with E-state index in [2.05, 4.69) is 10.6 Å². The van der Waals surface area contributed by atoms with Crippen LogP contribution in [0.1, 0.15) is 17.3 Å². The van der Waals surface area contributed by atoms with Gasteiger partial charge >= 0.3 is 6.03 Å². The highest BCUT2D eigenvalue weighted by Crippen LogP contribution is 2.19. The van der Waals surface area contributed by atoms with E-state index in [1.807, 2.05) is 24.0 Å². The molecule has 0 aromatic heterocycles. The minimum atomic E-state index is -0.0789. The fourth-order valence-electron chi connectivity index (χ4n) is 2.81. The molecule has 0 radical (unpaired) electrons. The van der Waals surface area contributed by atoms with E-state index in [0.29, 0.717) is 18.7 Å². The minimum absolute atomic E-state index is 0. The van der Waals surface area contributed by atoms with Crippen LogP contribution in [0.25, 0.3) is 0 Å². The van der Waals surface area contributed by atoms with Crippen LogP contribution < -0.4 is 15.5 Å². The number of nitrogens with zero attached hydrogens (tertiary/aromatic N) is 2. The molecule has 0 bridgehead atoms. The van der Waals surface area contributed by atoms with Crippen molar-refractivity contribution in [1.29, 1.82) is 0 Å². The third kappa shape index (κ3) is 3.18. The summed E-state index contributed by atoms with van der Waals surface area (Å²) in [5.41, 5.74) is 1.50. The summed E-state index contributed by atoms with van der Waals surface area (Å²) in [6.45, 7) is 5.78. The van der Waals surface area contributed by atoms with Crippen molar-refractivity contribution in [2.24, 2.45) is 0 Å². The van der Waals surface area contributed by atoms with Crippen molar-refractivity contribution in [3.8, 4) is 0 Å². The van der Waals surface area contributed by atoms with Gasteiger partial charge in [0, 0.05) is 50.0 Å². The highest BCUT2D eigenvalue weighted by molar-refractivity contribution is 5.97. The lowest BCUT2D eigenvalue weighted by molar-refractivity contribution is 0.0656. The topological polar surface area (TPSA) is 64.7 Å². The number of carbonyl (C=O) groups excluding carboxylic acids is 2. The SMILES string of the molecule is C[C@H]1CNCCN1C(=O)c1ccc(N2CCNC2=O)cc1.Cl. The van der Waals surface area contributed by atoms with Crippen LogP contribution in [0.5, 0.6) is 0 Å². The summed E-state index contributed by atoms with van der Waals surface area (Å²) >= 11 is 0. The third-order valence-electron chi connectivity index (χ3n) is 4.04. The first kappa shape index (κ1) is 16.6. The summed E-state index contributed by atoms with van der Waals surface area (Å²) in [4.78, 5) is 27.7. The Morgan fingerprint density at radius 3 is 2.50 bits per heavy atom. The van der Waals surface area contributed by atoms with Crippen LogP contribution in [0.4, 0.5) is 10.5 Å². The van der Waals surface area contributed by atoms with Crippen LogP contribution in [0.2, 0.25) is 0 Å². The number of urea groups is 1. The summed E-state index contributed by atoms with van der Waals surface area (Å²) in [6, 6.07) is 7.41. The Balaban J connectivity index is 0.00000176. The maximum absolute atomic E-state index is 12.5. The van der Waals surface area contributed by atoms with Gasteiger partial charge in [0.25, 0.3) is 5.91 Å². The molecule has 1 aromatic rings. The van der Waals surface area contributed by atoms with Gasteiger partial charge in [0.15, 0.2) is 0 Å². The Bertz CT molecular complexity index is 549. The van der Waals surface area contributed by atoms with Crippen LogP contribution >= 0.6 is 12.4 Å². The monoisotopic (exact) mass is 324 g/mol. The molecule has 2 aliphatic heterocycles. The summed E-state index contributed by atoms with van der Waals surface area (Å²) in [5.74, 6) is 0.0569. The van der Waals surface area contributed by atoms with Gasteiger partial charge < -0.3 is 15.5 Å². The van der Waals surface area contributed by atoms with Crippen molar-refractivity contribution < 1.29 is 9.59 Å². The van der Waals surface area contributed by atoms with E-state index >= 15 is 0 Å². The van der Waals surface area contributed by atoms with Gasteiger partial charge in [-0.2, -0.15) is 0 Å². The summed E-state index contributed by atoms with van der Waals surface area (Å²) in [5, 5.41) is 6.04. The lowest BCUT2D eigenvalue weighted by Gasteiger charge is -2.34. The number of hydrogen-bond donors (Lipinski definition) is 2. The number of rotatable bonds is 2. The second-order valence-electron chi connectivity index (χ2n) is 5.48. The zero-order valence-corrected chi connectivity index (χ0v) is 13.4. The molecule has 0 spiro atoms. The zero-order valence-electron chi connectivity index (χ0n) is 12.5. The molecule has 0 saturated carbocycles. The highest BCUT2D eigenvalue weighted by Gasteiger charge is 2.25. The van der Waals surface area contributed by atoms with Crippen LogP contribution in [0.3, 0.4) is 0 Å². The standard InChI is InChI=1S/C15H20N4O2.ClH/c1-11-10-16-6-8-18(11)14(20)12-2-4-13(5-3-12)19-9-7-17-15(19)21;/h2-5,11,16H,6-10H2,1H3,(H,17,21);1H/t11-;/m0./s1. The van der Waals surface area contributed by atoms with Crippen LogP contribution in [0.15, 0.2) is 24.3 Å². The number of benzene rings is 1. The van der Waals surface area contributed by atoms with Crippen molar-refractivity contribution in [3.05, 3.63) is 29.8 Å². The normalized spacial score (nSPS) is 21.3. The first-order valence-electron chi connectivity index (χ1n) is 7.34. The molecule has 2 heterocycles. The lowest BCUT2D eigenvalue weighted by atomic mass is 10.1. The van der Waals surface area contributed by atoms with Gasteiger partial charge in [0.05, 0.1) is 0 Å². The number of nitrogens with one attached hydrogen (secondary N) is 2. The lowest BCUT2D eigenvalue weighted by Crippen LogP contribution is -2.52. The molecular formula is C15H21ClN4O2. The van der Waals surface area contributed by atoms with Gasteiger partial charge in [-0.05, 0) is 31.2 Å². The quantitative estimate of drug-likeness (QED) is 0.855. The minimum Gasteiger partial charge on any atom is -0.336 e. The molecule has 7 heteroatoms. The molecule has 0 aliphatic carbocycles. The van der Waals surface area contributed by atoms with Gasteiger partial charge in [-0.1, -0.05) is 0 Å². The molecule has 2 aliphatic rings. The number of halogens is 1. The first-order chi connectivity index (χ1) is 10.2. The van der Waals surface area contributed by atoms with Crippen molar-refractivity contribution >= 4 is 30.0 Å². The van der Waals surface area contributed by atoms with Crippen LogP contribution in [-0.2, 0) is 0 Å². The molecular weight excluding hydrogens is 304 g/mol. The van der Waals surface area contributed by atoms with E-state index in [0.717, 1.165) is 25.3 Å². The van der Waals surface area contributed by atoms with E-state index < -0.39 is 0 Å². The van der Waals surface area contributed by atoms with Gasteiger partial charge in [-0.3, -0.25) is 9.69 Å². The highest BCUT2D eigenvalue weighted by atomic mass is 35.5. The molecule has 3 rings (SSSR count). The van der Waals surface area contributed by atoms with Crippen LogP contribution in [0, 0.1) is 0 Å². The maximum atomic E-state index is 12.5. The summed E-state index contributed by atoms with van der Waals surface area (Å²) < 4.78 is 0. The van der Waals surface area contributed by atoms with E-state index in [1.54, 1.807) is 17.0 Å². The Labute approximate surface area is 136 Å². The van der Waals surface area contributed by atoms with E-state index in [1.165, 1.54) is 0 Å². The predicted molar refractivity (Wildman–Crippen MR) is 87.8 cm³/mol. The van der Waals surface area contributed by atoms with Gasteiger partial charge in [-0.15, -0.1) is 12.4 Å². The Hall–Kier alpha value is -1.79. The fraction of sp³-hybridized carbons (Fsp3) is 0.467. The average molecular weight is 325 g/mol. The van der Waals surface area contributed by atoms with Crippen molar-refractivity contribution in [3.63, 3.8) is 0 Å². The van der Waals surface area contributed by atoms with E-state index in [9.17, 15) is 9.59 Å². The van der Waals surface area contributed by atoms with Gasteiger partial charge in [0.1, 0.15) is 0 Å². The average Bonchev–Trinajstić information content (AvgIpc) is 2.93. The Morgan fingerprint density at radius 2 is 1.91 bits per heavy atom. The number of piperazine rings is 1. The van der Waals surface area contributed by atoms with Crippen molar-refractivity contribution in [2.75, 3.05) is 37.6 Å².